The van der Waals surface area contributed by atoms with E-state index in [0.717, 1.165) is 12.2 Å². The zero-order valence-electron chi connectivity index (χ0n) is 15.0. The van der Waals surface area contributed by atoms with Gasteiger partial charge >= 0.3 is 0 Å². The smallest absolute Gasteiger partial charge is 0.219 e. The molecule has 26 heavy (non-hydrogen) atoms. The van der Waals surface area contributed by atoms with E-state index in [1.165, 1.54) is 19.8 Å². The molecule has 1 atom stereocenters. The third-order valence-corrected chi connectivity index (χ3v) is 3.86. The van der Waals surface area contributed by atoms with Gasteiger partial charge < -0.3 is 14.8 Å². The second-order valence-electron chi connectivity index (χ2n) is 6.47. The maximum Gasteiger partial charge on any atom is 0.219 e. The molecule has 2 aromatic rings. The second-order valence-corrected chi connectivity index (χ2v) is 6.47. The number of nitrogens with one attached hydrogen (secondary N) is 1. The highest BCUT2D eigenvalue weighted by Gasteiger charge is 2.22. The molecule has 1 fully saturated rings. The summed E-state index contributed by atoms with van der Waals surface area (Å²) in [6, 6.07) is 7.29. The number of rotatable bonds is 8. The number of aromatic nitrogens is 2. The first-order valence-corrected chi connectivity index (χ1v) is 8.76. The SMILES string of the molecule is CC(=O)N[C@@H](C)/C=C/c1ccc(Oc2ccc(OCC3CC3)nc2)nc1. The van der Waals surface area contributed by atoms with Gasteiger partial charge in [-0.05, 0) is 43.4 Å². The van der Waals surface area contributed by atoms with Crippen LogP contribution in [0, 0.1) is 5.92 Å². The monoisotopic (exact) mass is 353 g/mol. The van der Waals surface area contributed by atoms with Crippen LogP contribution < -0.4 is 14.8 Å². The van der Waals surface area contributed by atoms with Crippen LogP contribution in [0.25, 0.3) is 6.08 Å². The predicted molar refractivity (Wildman–Crippen MR) is 99.1 cm³/mol. The molecule has 6 nitrogen and oxygen atoms in total. The minimum absolute atomic E-state index is 0.0323. The largest absolute Gasteiger partial charge is 0.477 e. The molecule has 0 radical (unpaired) electrons. The Morgan fingerprint density at radius 3 is 2.62 bits per heavy atom. The number of nitrogens with zero attached hydrogens (tertiary/aromatic N) is 2. The van der Waals surface area contributed by atoms with Gasteiger partial charge in [-0.15, -0.1) is 0 Å². The lowest BCUT2D eigenvalue weighted by molar-refractivity contribution is -0.119. The molecule has 1 amide bonds. The Hall–Kier alpha value is -2.89. The minimum Gasteiger partial charge on any atom is -0.477 e. The van der Waals surface area contributed by atoms with Crippen molar-refractivity contribution in [2.24, 2.45) is 5.92 Å². The van der Waals surface area contributed by atoms with Gasteiger partial charge in [-0.1, -0.05) is 12.2 Å². The van der Waals surface area contributed by atoms with Gasteiger partial charge in [-0.3, -0.25) is 4.79 Å². The lowest BCUT2D eigenvalue weighted by Gasteiger charge is -2.07. The molecule has 1 saturated carbocycles. The number of hydrogen-bond acceptors (Lipinski definition) is 5. The maximum atomic E-state index is 11.0. The van der Waals surface area contributed by atoms with Crippen molar-refractivity contribution < 1.29 is 14.3 Å². The molecule has 136 valence electrons. The summed E-state index contributed by atoms with van der Waals surface area (Å²) >= 11 is 0. The molecule has 6 heteroatoms. The Labute approximate surface area is 153 Å². The molecule has 3 rings (SSSR count). The number of hydrogen-bond donors (Lipinski definition) is 1. The molecule has 0 aliphatic heterocycles. The molecule has 0 saturated heterocycles. The van der Waals surface area contributed by atoms with Gasteiger partial charge in [-0.2, -0.15) is 0 Å². The number of ether oxygens (including phenoxy) is 2. The molecule has 2 aromatic heterocycles. The number of pyridine rings is 2. The Balaban J connectivity index is 1.51. The highest BCUT2D eigenvalue weighted by atomic mass is 16.5. The van der Waals surface area contributed by atoms with Crippen LogP contribution in [0.2, 0.25) is 0 Å². The Bertz CT molecular complexity index is 753. The van der Waals surface area contributed by atoms with Gasteiger partial charge in [0.15, 0.2) is 0 Å². The summed E-state index contributed by atoms with van der Waals surface area (Å²) in [7, 11) is 0. The quantitative estimate of drug-likeness (QED) is 0.785. The van der Waals surface area contributed by atoms with Crippen LogP contribution in [-0.4, -0.2) is 28.5 Å². The molecule has 1 aliphatic carbocycles. The van der Waals surface area contributed by atoms with Crippen molar-refractivity contribution >= 4 is 12.0 Å². The molecule has 0 unspecified atom stereocenters. The summed E-state index contributed by atoms with van der Waals surface area (Å²) in [6.45, 7) is 4.15. The van der Waals surface area contributed by atoms with E-state index < -0.39 is 0 Å². The van der Waals surface area contributed by atoms with Crippen LogP contribution in [0.5, 0.6) is 17.5 Å². The normalized spacial score (nSPS) is 14.8. The van der Waals surface area contributed by atoms with Crippen LogP contribution >= 0.6 is 0 Å². The number of carbonyl (C=O) groups is 1. The van der Waals surface area contributed by atoms with Crippen molar-refractivity contribution in [3.8, 4) is 17.5 Å². The van der Waals surface area contributed by atoms with Gasteiger partial charge in [-0.25, -0.2) is 9.97 Å². The van der Waals surface area contributed by atoms with E-state index >= 15 is 0 Å². The number of carbonyl (C=O) groups excluding carboxylic acids is 1. The molecule has 0 aromatic carbocycles. The van der Waals surface area contributed by atoms with Crippen LogP contribution in [0.15, 0.2) is 42.7 Å². The Morgan fingerprint density at radius 2 is 2.00 bits per heavy atom. The highest BCUT2D eigenvalue weighted by molar-refractivity contribution is 5.73. The summed E-state index contributed by atoms with van der Waals surface area (Å²) in [5.41, 5.74) is 0.927. The van der Waals surface area contributed by atoms with Gasteiger partial charge in [0.05, 0.1) is 12.8 Å². The predicted octanol–water partition coefficient (Wildman–Crippen LogP) is 3.60. The first-order chi connectivity index (χ1) is 12.6. The number of amides is 1. The minimum atomic E-state index is -0.0541. The van der Waals surface area contributed by atoms with Crippen LogP contribution in [0.4, 0.5) is 0 Å². The molecule has 2 heterocycles. The van der Waals surface area contributed by atoms with E-state index in [-0.39, 0.29) is 11.9 Å². The summed E-state index contributed by atoms with van der Waals surface area (Å²) in [5.74, 6) is 2.36. The van der Waals surface area contributed by atoms with Gasteiger partial charge in [0.1, 0.15) is 5.75 Å². The molecular weight excluding hydrogens is 330 g/mol. The van der Waals surface area contributed by atoms with Crippen molar-refractivity contribution in [1.82, 2.24) is 15.3 Å². The Kier molecular flexibility index (Phi) is 5.84. The summed E-state index contributed by atoms with van der Waals surface area (Å²) in [5, 5.41) is 2.79. The summed E-state index contributed by atoms with van der Waals surface area (Å²) in [6.07, 6.45) is 9.67. The molecule has 1 N–H and O–H groups in total. The average Bonchev–Trinajstić information content (AvgIpc) is 3.44. The fraction of sp³-hybridized carbons (Fsp3) is 0.350. The van der Waals surface area contributed by atoms with E-state index in [1.54, 1.807) is 24.5 Å². The van der Waals surface area contributed by atoms with E-state index in [4.69, 9.17) is 9.47 Å². The third kappa shape index (κ3) is 5.88. The zero-order chi connectivity index (χ0) is 18.4. The van der Waals surface area contributed by atoms with Crippen LogP contribution in [-0.2, 0) is 4.79 Å². The third-order valence-electron chi connectivity index (χ3n) is 3.86. The highest BCUT2D eigenvalue weighted by Crippen LogP contribution is 2.29. The van der Waals surface area contributed by atoms with Crippen molar-refractivity contribution in [3.05, 3.63) is 48.3 Å². The van der Waals surface area contributed by atoms with E-state index in [0.29, 0.717) is 23.4 Å². The fourth-order valence-corrected chi connectivity index (χ4v) is 2.30. The Morgan fingerprint density at radius 1 is 1.23 bits per heavy atom. The summed E-state index contributed by atoms with van der Waals surface area (Å²) < 4.78 is 11.3. The van der Waals surface area contributed by atoms with E-state index in [2.05, 4.69) is 15.3 Å². The standard InChI is InChI=1S/C20H23N3O3/c1-14(23-15(2)24)3-4-16-7-9-20(21-11-16)26-18-8-10-19(22-12-18)25-13-17-5-6-17/h3-4,7-12,14,17H,5-6,13H2,1-2H3,(H,23,24)/b4-3+/t14-/m0/s1. The van der Waals surface area contributed by atoms with Crippen molar-refractivity contribution in [2.75, 3.05) is 6.61 Å². The lowest BCUT2D eigenvalue weighted by atomic mass is 10.2. The van der Waals surface area contributed by atoms with Crippen LogP contribution in [0.1, 0.15) is 32.3 Å². The van der Waals surface area contributed by atoms with Gasteiger partial charge in [0, 0.05) is 31.3 Å². The first kappa shape index (κ1) is 17.9. The van der Waals surface area contributed by atoms with Gasteiger partial charge in [0.25, 0.3) is 0 Å². The lowest BCUT2D eigenvalue weighted by Crippen LogP contribution is -2.28. The molecule has 0 spiro atoms. The molecule has 0 bridgehead atoms. The first-order valence-electron chi connectivity index (χ1n) is 8.76. The topological polar surface area (TPSA) is 73.3 Å². The summed E-state index contributed by atoms with van der Waals surface area (Å²) in [4.78, 5) is 19.5. The van der Waals surface area contributed by atoms with Crippen molar-refractivity contribution in [1.29, 1.82) is 0 Å². The van der Waals surface area contributed by atoms with Crippen LogP contribution in [0.3, 0.4) is 0 Å². The van der Waals surface area contributed by atoms with E-state index in [9.17, 15) is 4.79 Å². The maximum absolute atomic E-state index is 11.0. The van der Waals surface area contributed by atoms with Crippen molar-refractivity contribution in [2.45, 2.75) is 32.7 Å². The average molecular weight is 353 g/mol. The fourth-order valence-electron chi connectivity index (χ4n) is 2.30. The second kappa shape index (κ2) is 8.47. The van der Waals surface area contributed by atoms with Gasteiger partial charge in [0.2, 0.25) is 17.7 Å². The molecular formula is C20H23N3O3. The molecule has 1 aliphatic rings. The van der Waals surface area contributed by atoms with E-state index in [1.807, 2.05) is 31.2 Å². The van der Waals surface area contributed by atoms with Crippen molar-refractivity contribution in [3.63, 3.8) is 0 Å². The zero-order valence-corrected chi connectivity index (χ0v) is 15.0.